The van der Waals surface area contributed by atoms with Gasteiger partial charge in [0.25, 0.3) is 0 Å². The summed E-state index contributed by atoms with van der Waals surface area (Å²) in [6.45, 7) is 14.5. The first-order valence-electron chi connectivity index (χ1n) is 23.9. The second-order valence-electron chi connectivity index (χ2n) is 19.3. The summed E-state index contributed by atoms with van der Waals surface area (Å²) in [6, 6.07) is -0.765. The molecular formula is C49H81N5O16. The van der Waals surface area contributed by atoms with Crippen molar-refractivity contribution >= 4 is 29.7 Å². The second-order valence-corrected chi connectivity index (χ2v) is 19.3. The fraction of sp³-hybridized carbons (Fsp3) is 0.776. The minimum atomic E-state index is -1.32. The number of carbonyl (C=O) groups excluding carboxylic acids is 5. The number of ether oxygens (including phenoxy) is 7. The smallest absolute Gasteiger partial charge is 0.308 e. The zero-order valence-electron chi connectivity index (χ0n) is 42.2. The molecular weight excluding hydrogens is 915 g/mol. The van der Waals surface area contributed by atoms with Gasteiger partial charge in [-0.25, -0.2) is 4.68 Å². The van der Waals surface area contributed by atoms with Gasteiger partial charge in [0, 0.05) is 51.3 Å². The Bertz CT molecular complexity index is 1930. The van der Waals surface area contributed by atoms with E-state index >= 15 is 0 Å². The van der Waals surface area contributed by atoms with E-state index in [2.05, 4.69) is 10.3 Å². The molecule has 2 fully saturated rings. The highest BCUT2D eigenvalue weighted by Gasteiger charge is 2.51. The molecule has 1 aromatic rings. The van der Waals surface area contributed by atoms with Crippen LogP contribution in [-0.2, 0) is 70.2 Å². The fourth-order valence-electron chi connectivity index (χ4n) is 9.54. The van der Waals surface area contributed by atoms with Crippen LogP contribution in [0.1, 0.15) is 101 Å². The molecule has 4 heterocycles. The van der Waals surface area contributed by atoms with Gasteiger partial charge in [0.2, 0.25) is 0 Å². The average molecular weight is 996 g/mol. The van der Waals surface area contributed by atoms with Crippen LogP contribution in [0.4, 0.5) is 0 Å². The number of esters is 4. The third-order valence-corrected chi connectivity index (χ3v) is 13.2. The maximum Gasteiger partial charge on any atom is 0.308 e. The molecule has 4 rings (SSSR count). The molecule has 0 radical (unpaired) electrons. The summed E-state index contributed by atoms with van der Waals surface area (Å²) in [5.41, 5.74) is 1.25. The van der Waals surface area contributed by atoms with E-state index in [0.29, 0.717) is 37.2 Å². The van der Waals surface area contributed by atoms with Crippen LogP contribution in [-0.4, -0.2) is 189 Å². The minimum Gasteiger partial charge on any atom is -0.462 e. The molecule has 1 aromatic heterocycles. The number of allylic oxidation sites excluding steroid dienone is 3. The summed E-state index contributed by atoms with van der Waals surface area (Å²) in [7, 11) is 5.32. The molecule has 0 bridgehead atoms. The van der Waals surface area contributed by atoms with Crippen LogP contribution in [0.5, 0.6) is 0 Å². The fourth-order valence-corrected chi connectivity index (χ4v) is 9.54. The number of cyclic esters (lactones) is 1. The van der Waals surface area contributed by atoms with E-state index in [1.54, 1.807) is 65.0 Å². The van der Waals surface area contributed by atoms with E-state index in [1.807, 2.05) is 25.8 Å². The van der Waals surface area contributed by atoms with Gasteiger partial charge in [-0.05, 0) is 79.7 Å². The number of nitrogens with zero attached hydrogens (tertiary/aromatic N) is 5. The average Bonchev–Trinajstić information content (AvgIpc) is 3.70. The summed E-state index contributed by atoms with van der Waals surface area (Å²) in [5.74, 6) is -5.17. The Morgan fingerprint density at radius 2 is 1.49 bits per heavy atom. The predicted molar refractivity (Wildman–Crippen MR) is 253 cm³/mol. The highest BCUT2D eigenvalue weighted by atomic mass is 16.7. The van der Waals surface area contributed by atoms with Crippen molar-refractivity contribution in [1.82, 2.24) is 24.8 Å². The number of carbonyl (C=O) groups is 5. The molecule has 3 aliphatic rings. The predicted octanol–water partition coefficient (Wildman–Crippen LogP) is 2.15. The van der Waals surface area contributed by atoms with Crippen molar-refractivity contribution in [1.29, 1.82) is 0 Å². The molecule has 21 heteroatoms. The zero-order chi connectivity index (χ0) is 51.4. The topological polar surface area (TPSA) is 268 Å². The first kappa shape index (κ1) is 60.1. The van der Waals surface area contributed by atoms with E-state index < -0.39 is 133 Å². The molecule has 21 nitrogen and oxygen atoms in total. The zero-order valence-corrected chi connectivity index (χ0v) is 42.2. The maximum atomic E-state index is 13.8. The molecule has 17 atom stereocenters. The van der Waals surface area contributed by atoms with E-state index in [0.717, 1.165) is 0 Å². The number of rotatable bonds is 15. The van der Waals surface area contributed by atoms with Gasteiger partial charge in [-0.1, -0.05) is 51.1 Å². The molecule has 70 heavy (non-hydrogen) atoms. The minimum absolute atomic E-state index is 0. The maximum absolute atomic E-state index is 13.8. The number of likely N-dealkylation sites (N-methyl/N-ethyl adjacent to an activating group) is 1. The Kier molecular flexibility index (Phi) is 23.7. The Morgan fingerprint density at radius 3 is 2.09 bits per heavy atom. The van der Waals surface area contributed by atoms with Crippen molar-refractivity contribution in [3.05, 3.63) is 35.7 Å². The molecule has 3 aliphatic heterocycles. The number of aliphatic hydroxyl groups excluding tert-OH is 4. The molecule has 3 unspecified atom stereocenters. The lowest BCUT2D eigenvalue weighted by molar-refractivity contribution is -0.304. The molecule has 2 saturated heterocycles. The van der Waals surface area contributed by atoms with Gasteiger partial charge >= 0.3 is 23.9 Å². The molecule has 0 saturated carbocycles. The van der Waals surface area contributed by atoms with Gasteiger partial charge in [-0.15, -0.1) is 5.10 Å². The molecule has 0 aliphatic carbocycles. The Hall–Kier alpha value is -4.19. The van der Waals surface area contributed by atoms with Gasteiger partial charge in [0.1, 0.15) is 18.3 Å². The largest absolute Gasteiger partial charge is 0.462 e. The first-order valence-corrected chi connectivity index (χ1v) is 23.9. The Labute approximate surface area is 412 Å². The van der Waals surface area contributed by atoms with Crippen LogP contribution in [0.3, 0.4) is 0 Å². The van der Waals surface area contributed by atoms with Gasteiger partial charge in [0.05, 0.1) is 61.8 Å². The summed E-state index contributed by atoms with van der Waals surface area (Å²) in [4.78, 5) is 67.4. The van der Waals surface area contributed by atoms with Crippen LogP contribution >= 0.6 is 0 Å². The third-order valence-electron chi connectivity index (χ3n) is 13.2. The van der Waals surface area contributed by atoms with Crippen LogP contribution in [0.25, 0.3) is 0 Å². The van der Waals surface area contributed by atoms with Gasteiger partial charge in [-0.2, -0.15) is 0 Å². The molecule has 0 amide bonds. The van der Waals surface area contributed by atoms with Crippen LogP contribution in [0.2, 0.25) is 0 Å². The standard InChI is InChI=1S/C48H77N5O16.CH4/c1-13-38-34(24-54)18-25(2)14-15-36(58)26(3)19-33(44(27(4)37(59)20-40(60)68-38)69-48-43(62)41(51(10)11)42(61)28(5)64-48)16-17-52(12)21-35-22-53(50-49-35)23-39-46(66-31(8)56)47(67-32(9)57)45(29(6)63-39)65-30(7)55;/h14-15,18,22,26-29,33-34,37-39,41-48,54,59,61-62H,13,16-17,19-21,23-24H2,1-12H3;1H4/b15-14+,25-18+;/t26-,27+,28-,29-,33+,34-,37-,38-,39?,41?,42-,43?,44-,45+,46-,47-,48+;/m1./s1. The van der Waals surface area contributed by atoms with E-state index in [1.165, 1.54) is 31.5 Å². The molecule has 398 valence electrons. The van der Waals surface area contributed by atoms with Crippen molar-refractivity contribution in [3.63, 3.8) is 0 Å². The van der Waals surface area contributed by atoms with E-state index in [-0.39, 0.29) is 32.8 Å². The third kappa shape index (κ3) is 16.7. The highest BCUT2D eigenvalue weighted by molar-refractivity contribution is 5.91. The van der Waals surface area contributed by atoms with Crippen LogP contribution in [0.15, 0.2) is 30.0 Å². The molecule has 0 spiro atoms. The Morgan fingerprint density at radius 1 is 0.857 bits per heavy atom. The van der Waals surface area contributed by atoms with Crippen molar-refractivity contribution in [2.75, 3.05) is 34.3 Å². The summed E-state index contributed by atoms with van der Waals surface area (Å²) in [6.07, 6.45) is -5.02. The van der Waals surface area contributed by atoms with Gasteiger partial charge in [0.15, 0.2) is 30.4 Å². The van der Waals surface area contributed by atoms with Crippen molar-refractivity contribution in [3.8, 4) is 0 Å². The number of hydrogen-bond donors (Lipinski definition) is 4. The quantitative estimate of drug-likeness (QED) is 0.145. The number of ketones is 1. The van der Waals surface area contributed by atoms with Crippen molar-refractivity contribution < 1.29 is 77.6 Å². The second kappa shape index (κ2) is 27.6. The number of aliphatic hydroxyl groups is 4. The first-order chi connectivity index (χ1) is 32.4. The lowest BCUT2D eigenvalue weighted by Gasteiger charge is -2.46. The summed E-state index contributed by atoms with van der Waals surface area (Å²) >= 11 is 0. The van der Waals surface area contributed by atoms with E-state index in [4.69, 9.17) is 33.2 Å². The SMILES string of the molecule is C.CC[C@H]1OC(=O)C[C@@H](O)[C@H](C)[C@@H](O[C@@H]2O[C@H](C)[C@@H](O)C(N(C)C)C2O)[C@@H](CCN(C)Cc2cn(CC3O[C@H](C)[C@H](OC(C)=O)[C@@H](OC(C)=O)[C@@H]3OC(C)=O)nn2)C[C@@H](C)C(=O)/C=C/C(C)=C/[C@@H]1CO. The van der Waals surface area contributed by atoms with Crippen LogP contribution in [0, 0.1) is 23.7 Å². The number of aromatic nitrogens is 3. The van der Waals surface area contributed by atoms with Gasteiger partial charge in [-0.3, -0.25) is 24.0 Å². The van der Waals surface area contributed by atoms with Crippen molar-refractivity contribution in [2.45, 2.75) is 188 Å². The number of hydrogen-bond acceptors (Lipinski definition) is 20. The normalized spacial score (nSPS) is 36.0. The summed E-state index contributed by atoms with van der Waals surface area (Å²) in [5, 5.41) is 53.4. The monoisotopic (exact) mass is 996 g/mol. The highest BCUT2D eigenvalue weighted by Crippen LogP contribution is 2.35. The van der Waals surface area contributed by atoms with E-state index in [9.17, 15) is 44.4 Å². The molecule has 4 N–H and O–H groups in total. The Balaban J connectivity index is 0.0000130. The lowest BCUT2D eigenvalue weighted by atomic mass is 9.79. The summed E-state index contributed by atoms with van der Waals surface area (Å²) < 4.78 is 43.0. The van der Waals surface area contributed by atoms with Crippen molar-refractivity contribution in [2.24, 2.45) is 23.7 Å². The van der Waals surface area contributed by atoms with Gasteiger partial charge < -0.3 is 63.4 Å². The lowest BCUT2D eigenvalue weighted by Crippen LogP contribution is -2.63. The molecule has 0 aromatic carbocycles. The van der Waals surface area contributed by atoms with Crippen LogP contribution < -0.4 is 0 Å².